The zero-order chi connectivity index (χ0) is 17.0. The molecule has 1 aliphatic rings. The van der Waals surface area contributed by atoms with E-state index < -0.39 is 12.0 Å². The minimum Gasteiger partial charge on any atom is -0.467 e. The van der Waals surface area contributed by atoms with Gasteiger partial charge in [-0.15, -0.1) is 0 Å². The lowest BCUT2D eigenvalue weighted by Gasteiger charge is -2.44. The fourth-order valence-electron chi connectivity index (χ4n) is 2.56. The maximum atomic E-state index is 12.8. The maximum Gasteiger partial charge on any atom is 0.340 e. The number of nitrogens with zero attached hydrogens (tertiary/aromatic N) is 3. The fourth-order valence-corrected chi connectivity index (χ4v) is 2.56. The summed E-state index contributed by atoms with van der Waals surface area (Å²) in [7, 11) is 1.29. The Morgan fingerprint density at radius 3 is 2.43 bits per heavy atom. The Labute approximate surface area is 135 Å². The van der Waals surface area contributed by atoms with Crippen LogP contribution >= 0.6 is 0 Å². The molecule has 0 aromatic heterocycles. The van der Waals surface area contributed by atoms with E-state index in [9.17, 15) is 14.4 Å². The molecule has 1 aromatic rings. The van der Waals surface area contributed by atoms with Gasteiger partial charge in [-0.3, -0.25) is 4.79 Å². The lowest BCUT2D eigenvalue weighted by atomic mass is 10.2. The van der Waals surface area contributed by atoms with Crippen molar-refractivity contribution in [2.45, 2.75) is 26.4 Å². The molecule has 1 fully saturated rings. The average Bonchev–Trinajstić information content (AvgIpc) is 2.56. The summed E-state index contributed by atoms with van der Waals surface area (Å²) < 4.78 is 4.71. The number of ether oxygens (including phenoxy) is 1. The smallest absolute Gasteiger partial charge is 0.340 e. The third-order valence-electron chi connectivity index (χ3n) is 3.86. The van der Waals surface area contributed by atoms with E-state index in [0.29, 0.717) is 13.1 Å². The third-order valence-corrected chi connectivity index (χ3v) is 3.86. The van der Waals surface area contributed by atoms with Gasteiger partial charge in [-0.1, -0.05) is 30.3 Å². The third kappa shape index (κ3) is 3.61. The Kier molecular flexibility index (Phi) is 5.20. The molecule has 1 aromatic carbocycles. The average molecular weight is 319 g/mol. The van der Waals surface area contributed by atoms with Gasteiger partial charge in [0, 0.05) is 13.5 Å². The summed E-state index contributed by atoms with van der Waals surface area (Å²) >= 11 is 0. The van der Waals surface area contributed by atoms with Crippen LogP contribution in [0, 0.1) is 0 Å². The molecule has 23 heavy (non-hydrogen) atoms. The van der Waals surface area contributed by atoms with Gasteiger partial charge in [0.15, 0.2) is 0 Å². The first-order valence-electron chi connectivity index (χ1n) is 7.43. The van der Waals surface area contributed by atoms with Gasteiger partial charge in [-0.25, -0.2) is 19.6 Å². The molecule has 0 radical (unpaired) electrons. The summed E-state index contributed by atoms with van der Waals surface area (Å²) in [6, 6.07) is 8.32. The van der Waals surface area contributed by atoms with Crippen LogP contribution in [0.1, 0.15) is 19.4 Å². The number of hydrogen-bond donors (Lipinski definition) is 0. The first-order valence-corrected chi connectivity index (χ1v) is 7.43. The van der Waals surface area contributed by atoms with Gasteiger partial charge in [0.05, 0.1) is 20.2 Å². The molecule has 1 atom stereocenters. The lowest BCUT2D eigenvalue weighted by Crippen LogP contribution is -2.63. The van der Waals surface area contributed by atoms with Crippen molar-refractivity contribution in [1.29, 1.82) is 0 Å². The minimum atomic E-state index is -0.695. The molecule has 0 bridgehead atoms. The fraction of sp³-hybridized carbons (Fsp3) is 0.438. The van der Waals surface area contributed by atoms with E-state index in [1.54, 1.807) is 6.92 Å². The zero-order valence-electron chi connectivity index (χ0n) is 13.6. The van der Waals surface area contributed by atoms with Gasteiger partial charge in [0.1, 0.15) is 6.04 Å². The first-order chi connectivity index (χ1) is 11.0. The second kappa shape index (κ2) is 7.13. The van der Waals surface area contributed by atoms with E-state index in [1.807, 2.05) is 30.3 Å². The highest BCUT2D eigenvalue weighted by Crippen LogP contribution is 2.18. The maximum absolute atomic E-state index is 12.8. The number of carbonyl (C=O) groups excluding carboxylic acids is 3. The molecule has 3 amide bonds. The van der Waals surface area contributed by atoms with Crippen molar-refractivity contribution in [3.05, 3.63) is 35.9 Å². The second-order valence-corrected chi connectivity index (χ2v) is 5.36. The van der Waals surface area contributed by atoms with Crippen molar-refractivity contribution in [2.75, 3.05) is 20.2 Å². The van der Waals surface area contributed by atoms with Crippen LogP contribution in [-0.4, -0.2) is 59.1 Å². The van der Waals surface area contributed by atoms with E-state index in [0.717, 1.165) is 5.56 Å². The van der Waals surface area contributed by atoms with E-state index in [1.165, 1.54) is 29.0 Å². The van der Waals surface area contributed by atoms with Crippen molar-refractivity contribution in [2.24, 2.45) is 0 Å². The van der Waals surface area contributed by atoms with E-state index in [4.69, 9.17) is 4.74 Å². The number of esters is 1. The van der Waals surface area contributed by atoms with Crippen molar-refractivity contribution >= 4 is 17.9 Å². The number of carbonyl (C=O) groups is 3. The molecule has 0 saturated carbocycles. The summed E-state index contributed by atoms with van der Waals surface area (Å²) in [5.41, 5.74) is 0.902. The van der Waals surface area contributed by atoms with Crippen LogP contribution in [0.25, 0.3) is 0 Å². The lowest BCUT2D eigenvalue weighted by molar-refractivity contribution is -0.152. The van der Waals surface area contributed by atoms with Gasteiger partial charge in [-0.05, 0) is 12.5 Å². The summed E-state index contributed by atoms with van der Waals surface area (Å²) in [6.45, 7) is 3.94. The minimum absolute atomic E-state index is 0.209. The highest BCUT2D eigenvalue weighted by atomic mass is 16.5. The molecular weight excluding hydrogens is 298 g/mol. The first kappa shape index (κ1) is 16.8. The van der Waals surface area contributed by atoms with Gasteiger partial charge in [0.25, 0.3) is 0 Å². The number of amides is 3. The van der Waals surface area contributed by atoms with Crippen LogP contribution in [0.5, 0.6) is 0 Å². The molecule has 1 saturated heterocycles. The largest absolute Gasteiger partial charge is 0.467 e. The standard InChI is InChI=1S/C16H21N3O4/c1-12(15(21)23-3)17-9-10-18(13(2)20)19(16(17)22)11-14-7-5-4-6-8-14/h4-8,12H,9-11H2,1-3H3/t12-/m0/s1. The molecule has 0 N–H and O–H groups in total. The van der Waals surface area contributed by atoms with Crippen LogP contribution in [0.2, 0.25) is 0 Å². The van der Waals surface area contributed by atoms with Crippen LogP contribution in [0.4, 0.5) is 4.79 Å². The molecule has 2 rings (SSSR count). The van der Waals surface area contributed by atoms with Crippen LogP contribution in [0.15, 0.2) is 30.3 Å². The summed E-state index contributed by atoms with van der Waals surface area (Å²) in [6.07, 6.45) is 0. The molecule has 0 aliphatic carbocycles. The van der Waals surface area contributed by atoms with Gasteiger partial charge < -0.3 is 9.64 Å². The van der Waals surface area contributed by atoms with E-state index >= 15 is 0 Å². The summed E-state index contributed by atoms with van der Waals surface area (Å²) in [4.78, 5) is 37.7. The monoisotopic (exact) mass is 319 g/mol. The quantitative estimate of drug-likeness (QED) is 0.783. The molecular formula is C16H21N3O4. The van der Waals surface area contributed by atoms with E-state index in [-0.39, 0.29) is 18.5 Å². The normalized spacial score (nSPS) is 16.3. The van der Waals surface area contributed by atoms with Gasteiger partial charge >= 0.3 is 12.0 Å². The Morgan fingerprint density at radius 2 is 1.87 bits per heavy atom. The van der Waals surface area contributed by atoms with Crippen molar-refractivity contribution in [3.8, 4) is 0 Å². The molecule has 0 spiro atoms. The van der Waals surface area contributed by atoms with Crippen molar-refractivity contribution < 1.29 is 19.1 Å². The molecule has 1 aliphatic heterocycles. The van der Waals surface area contributed by atoms with Gasteiger partial charge in [-0.2, -0.15) is 0 Å². The number of methoxy groups -OCH3 is 1. The zero-order valence-corrected chi connectivity index (χ0v) is 13.6. The number of hydrogen-bond acceptors (Lipinski definition) is 4. The molecule has 1 heterocycles. The summed E-state index contributed by atoms with van der Waals surface area (Å²) in [5, 5.41) is 2.79. The Bertz CT molecular complexity index is 590. The Morgan fingerprint density at radius 1 is 1.22 bits per heavy atom. The van der Waals surface area contributed by atoms with Crippen LogP contribution < -0.4 is 0 Å². The van der Waals surface area contributed by atoms with Gasteiger partial charge in [0.2, 0.25) is 5.91 Å². The Balaban J connectivity index is 2.23. The number of urea groups is 1. The second-order valence-electron chi connectivity index (χ2n) is 5.36. The highest BCUT2D eigenvalue weighted by molar-refractivity contribution is 5.86. The topological polar surface area (TPSA) is 70.2 Å². The highest BCUT2D eigenvalue weighted by Gasteiger charge is 2.37. The molecule has 7 heteroatoms. The predicted molar refractivity (Wildman–Crippen MR) is 83.0 cm³/mol. The number of benzene rings is 1. The SMILES string of the molecule is COC(=O)[C@H](C)N1CCN(C(C)=O)N(Cc2ccccc2)C1=O. The van der Waals surface area contributed by atoms with Crippen LogP contribution in [-0.2, 0) is 20.9 Å². The molecule has 124 valence electrons. The summed E-state index contributed by atoms with van der Waals surface area (Å²) in [5.74, 6) is -0.686. The Hall–Kier alpha value is -2.57. The van der Waals surface area contributed by atoms with Crippen molar-refractivity contribution in [3.63, 3.8) is 0 Å². The molecule has 7 nitrogen and oxygen atoms in total. The number of hydrazine groups is 1. The molecule has 0 unspecified atom stereocenters. The van der Waals surface area contributed by atoms with E-state index in [2.05, 4.69) is 0 Å². The number of rotatable bonds is 4. The van der Waals surface area contributed by atoms with Crippen LogP contribution in [0.3, 0.4) is 0 Å². The van der Waals surface area contributed by atoms with Crippen molar-refractivity contribution in [1.82, 2.24) is 14.9 Å². The predicted octanol–water partition coefficient (Wildman–Crippen LogP) is 1.25.